The SMILES string of the molecule is COc1ccc([C@H]2C[C@H](c3ccc(Cl)cc3)N(C(C)=O)c3ncnn32)cc1. The van der Waals surface area contributed by atoms with Crippen LogP contribution in [0.5, 0.6) is 5.75 Å². The summed E-state index contributed by atoms with van der Waals surface area (Å²) in [5, 5.41) is 5.06. The summed E-state index contributed by atoms with van der Waals surface area (Å²) >= 11 is 6.05. The lowest BCUT2D eigenvalue weighted by atomic mass is 9.92. The average molecular weight is 383 g/mol. The number of hydrogen-bond donors (Lipinski definition) is 0. The zero-order chi connectivity index (χ0) is 19.0. The van der Waals surface area contributed by atoms with Gasteiger partial charge < -0.3 is 4.74 Å². The molecule has 0 radical (unpaired) electrons. The predicted octanol–water partition coefficient (Wildman–Crippen LogP) is 4.03. The molecule has 0 fully saturated rings. The van der Waals surface area contributed by atoms with Crippen LogP contribution in [0.2, 0.25) is 5.02 Å². The number of aromatic nitrogens is 3. The van der Waals surface area contributed by atoms with E-state index in [0.717, 1.165) is 16.9 Å². The summed E-state index contributed by atoms with van der Waals surface area (Å²) < 4.78 is 7.08. The minimum absolute atomic E-state index is 0.0373. The highest BCUT2D eigenvalue weighted by molar-refractivity contribution is 6.30. The summed E-state index contributed by atoms with van der Waals surface area (Å²) in [7, 11) is 1.65. The quantitative estimate of drug-likeness (QED) is 0.686. The second-order valence-corrected chi connectivity index (χ2v) is 6.92. The fourth-order valence-corrected chi connectivity index (χ4v) is 3.75. The van der Waals surface area contributed by atoms with Crippen molar-refractivity contribution in [3.05, 3.63) is 71.0 Å². The van der Waals surface area contributed by atoms with Gasteiger partial charge >= 0.3 is 0 Å². The van der Waals surface area contributed by atoms with Crippen LogP contribution in [0.15, 0.2) is 54.9 Å². The van der Waals surface area contributed by atoms with Crippen LogP contribution < -0.4 is 9.64 Å². The molecule has 2 atom stereocenters. The third-order valence-electron chi connectivity index (χ3n) is 4.92. The number of methoxy groups -OCH3 is 1. The van der Waals surface area contributed by atoms with Crippen LogP contribution in [0, 0.1) is 0 Å². The van der Waals surface area contributed by atoms with Crippen LogP contribution >= 0.6 is 11.6 Å². The lowest BCUT2D eigenvalue weighted by Crippen LogP contribution is -2.41. The molecule has 1 aromatic heterocycles. The maximum Gasteiger partial charge on any atom is 0.231 e. The highest BCUT2D eigenvalue weighted by Gasteiger charge is 2.38. The molecule has 0 bridgehead atoms. The zero-order valence-corrected chi connectivity index (χ0v) is 15.8. The molecule has 4 rings (SSSR count). The van der Waals surface area contributed by atoms with Gasteiger partial charge in [0.2, 0.25) is 11.9 Å². The van der Waals surface area contributed by atoms with Gasteiger partial charge in [-0.1, -0.05) is 35.9 Å². The number of rotatable bonds is 3. The molecule has 1 aliphatic rings. The summed E-state index contributed by atoms with van der Waals surface area (Å²) in [5.41, 5.74) is 2.10. The Balaban J connectivity index is 1.80. The minimum atomic E-state index is -0.149. The third kappa shape index (κ3) is 3.17. The van der Waals surface area contributed by atoms with Crippen molar-refractivity contribution in [2.24, 2.45) is 0 Å². The molecule has 0 spiro atoms. The van der Waals surface area contributed by atoms with Crippen molar-refractivity contribution >= 4 is 23.5 Å². The normalized spacial score (nSPS) is 18.9. The van der Waals surface area contributed by atoms with Crippen molar-refractivity contribution in [1.29, 1.82) is 0 Å². The summed E-state index contributed by atoms with van der Waals surface area (Å²) in [5.74, 6) is 1.28. The summed E-state index contributed by atoms with van der Waals surface area (Å²) in [6.07, 6.45) is 2.18. The number of benzene rings is 2. The van der Waals surface area contributed by atoms with Gasteiger partial charge in [0.25, 0.3) is 0 Å². The second kappa shape index (κ2) is 7.04. The molecule has 1 amide bonds. The van der Waals surface area contributed by atoms with Crippen LogP contribution in [0.4, 0.5) is 5.95 Å². The van der Waals surface area contributed by atoms with E-state index in [1.165, 1.54) is 6.33 Å². The third-order valence-corrected chi connectivity index (χ3v) is 5.17. The first-order valence-corrected chi connectivity index (χ1v) is 9.05. The molecule has 2 heterocycles. The van der Waals surface area contributed by atoms with Gasteiger partial charge in [-0.25, -0.2) is 4.68 Å². The summed E-state index contributed by atoms with van der Waals surface area (Å²) in [6, 6.07) is 15.3. The average Bonchev–Trinajstić information content (AvgIpc) is 3.16. The summed E-state index contributed by atoms with van der Waals surface area (Å²) in [6.45, 7) is 1.55. The molecular weight excluding hydrogens is 364 g/mol. The predicted molar refractivity (Wildman–Crippen MR) is 103 cm³/mol. The Kier molecular flexibility index (Phi) is 4.58. The number of carbonyl (C=O) groups is 1. The van der Waals surface area contributed by atoms with Crippen LogP contribution in [-0.4, -0.2) is 27.8 Å². The Morgan fingerprint density at radius 3 is 2.33 bits per heavy atom. The monoisotopic (exact) mass is 382 g/mol. The highest BCUT2D eigenvalue weighted by atomic mass is 35.5. The van der Waals surface area contributed by atoms with Gasteiger partial charge in [0.05, 0.1) is 19.2 Å². The molecule has 0 aliphatic carbocycles. The molecule has 6 nitrogen and oxygen atoms in total. The van der Waals surface area contributed by atoms with Crippen molar-refractivity contribution in [2.75, 3.05) is 12.0 Å². The topological polar surface area (TPSA) is 60.2 Å². The van der Waals surface area contributed by atoms with Crippen LogP contribution in [0.1, 0.15) is 36.6 Å². The zero-order valence-electron chi connectivity index (χ0n) is 15.0. The Hall–Kier alpha value is -2.86. The Labute approximate surface area is 162 Å². The maximum absolute atomic E-state index is 12.4. The highest BCUT2D eigenvalue weighted by Crippen LogP contribution is 2.42. The molecule has 1 aliphatic heterocycles. The molecule has 0 saturated carbocycles. The van der Waals surface area contributed by atoms with E-state index in [-0.39, 0.29) is 18.0 Å². The fourth-order valence-electron chi connectivity index (χ4n) is 3.63. The summed E-state index contributed by atoms with van der Waals surface area (Å²) in [4.78, 5) is 18.5. The number of hydrogen-bond acceptors (Lipinski definition) is 4. The number of fused-ring (bicyclic) bond motifs is 1. The van der Waals surface area contributed by atoms with Gasteiger partial charge in [0, 0.05) is 11.9 Å². The van der Waals surface area contributed by atoms with Crippen LogP contribution in [0.25, 0.3) is 0 Å². The van der Waals surface area contributed by atoms with E-state index >= 15 is 0 Å². The molecule has 27 heavy (non-hydrogen) atoms. The molecule has 138 valence electrons. The first-order chi connectivity index (χ1) is 13.1. The first kappa shape index (κ1) is 17.5. The molecule has 0 unspecified atom stereocenters. The van der Waals surface area contributed by atoms with Gasteiger partial charge in [-0.3, -0.25) is 9.69 Å². The van der Waals surface area contributed by atoms with Gasteiger partial charge in [-0.2, -0.15) is 10.1 Å². The van der Waals surface area contributed by atoms with Crippen molar-refractivity contribution in [1.82, 2.24) is 14.8 Å². The Morgan fingerprint density at radius 2 is 1.70 bits per heavy atom. The molecular formula is C20H19ClN4O2. The second-order valence-electron chi connectivity index (χ2n) is 6.49. The molecule has 0 saturated heterocycles. The first-order valence-electron chi connectivity index (χ1n) is 8.67. The molecule has 3 aromatic rings. The number of ether oxygens (including phenoxy) is 1. The van der Waals surface area contributed by atoms with Gasteiger partial charge in [0.1, 0.15) is 12.1 Å². The van der Waals surface area contributed by atoms with Crippen LogP contribution in [0.3, 0.4) is 0 Å². The number of nitrogens with zero attached hydrogens (tertiary/aromatic N) is 4. The number of halogens is 1. The van der Waals surface area contributed by atoms with Crippen LogP contribution in [-0.2, 0) is 4.79 Å². The number of amides is 1. The molecule has 7 heteroatoms. The van der Waals surface area contributed by atoms with Gasteiger partial charge in [-0.15, -0.1) is 0 Å². The number of carbonyl (C=O) groups excluding carboxylic acids is 1. The molecule has 2 aromatic carbocycles. The van der Waals surface area contributed by atoms with E-state index in [2.05, 4.69) is 10.1 Å². The fraction of sp³-hybridized carbons (Fsp3) is 0.250. The lowest BCUT2D eigenvalue weighted by molar-refractivity contribution is -0.117. The molecule has 0 N–H and O–H groups in total. The van der Waals surface area contributed by atoms with E-state index in [4.69, 9.17) is 16.3 Å². The van der Waals surface area contributed by atoms with Crippen molar-refractivity contribution in [2.45, 2.75) is 25.4 Å². The maximum atomic E-state index is 12.4. The van der Waals surface area contributed by atoms with E-state index in [0.29, 0.717) is 17.4 Å². The Bertz CT molecular complexity index is 953. The number of anilines is 1. The van der Waals surface area contributed by atoms with Crippen molar-refractivity contribution in [3.63, 3.8) is 0 Å². The lowest BCUT2D eigenvalue weighted by Gasteiger charge is -2.38. The van der Waals surface area contributed by atoms with E-state index in [1.807, 2.05) is 53.2 Å². The van der Waals surface area contributed by atoms with E-state index < -0.39 is 0 Å². The standard InChI is InChI=1S/C20H19ClN4O2/c1-13(26)24-18(14-3-7-16(21)8-4-14)11-19(25-20(24)22-12-23-25)15-5-9-17(27-2)10-6-15/h3-10,12,18-19H,11H2,1-2H3/t18-,19-/m1/s1. The smallest absolute Gasteiger partial charge is 0.231 e. The van der Waals surface area contributed by atoms with E-state index in [1.54, 1.807) is 18.9 Å². The van der Waals surface area contributed by atoms with Crippen molar-refractivity contribution in [3.8, 4) is 5.75 Å². The van der Waals surface area contributed by atoms with Gasteiger partial charge in [0.15, 0.2) is 0 Å². The van der Waals surface area contributed by atoms with Crippen molar-refractivity contribution < 1.29 is 9.53 Å². The van der Waals surface area contributed by atoms with E-state index in [9.17, 15) is 4.79 Å². The largest absolute Gasteiger partial charge is 0.497 e. The van der Waals surface area contributed by atoms with Gasteiger partial charge in [-0.05, 0) is 41.8 Å². The minimum Gasteiger partial charge on any atom is -0.497 e. The Morgan fingerprint density at radius 1 is 1.07 bits per heavy atom.